The second-order valence-electron chi connectivity index (χ2n) is 4.12. The second kappa shape index (κ2) is 5.10. The van der Waals surface area contributed by atoms with E-state index in [0.29, 0.717) is 12.5 Å². The summed E-state index contributed by atoms with van der Waals surface area (Å²) in [6.45, 7) is 2.84. The lowest BCUT2D eigenvalue weighted by Gasteiger charge is -2.15. The van der Waals surface area contributed by atoms with Crippen LogP contribution in [-0.4, -0.2) is 13.7 Å². The highest BCUT2D eigenvalue weighted by Gasteiger charge is 2.17. The molecule has 1 unspecified atom stereocenters. The minimum atomic E-state index is 0.391. The molecule has 1 aromatic heterocycles. The van der Waals surface area contributed by atoms with E-state index in [-0.39, 0.29) is 0 Å². The molecule has 92 valence electrons. The quantitative estimate of drug-likeness (QED) is 0.937. The number of fused-ring (bicyclic) bond motifs is 1. The lowest BCUT2D eigenvalue weighted by molar-refractivity contribution is 0.409. The Morgan fingerprint density at radius 3 is 2.94 bits per heavy atom. The summed E-state index contributed by atoms with van der Waals surface area (Å²) >= 11 is 3.64. The normalized spacial score (nSPS) is 12.9. The molecule has 2 N–H and O–H groups in total. The zero-order valence-electron chi connectivity index (χ0n) is 10.00. The van der Waals surface area contributed by atoms with Crippen LogP contribution in [-0.2, 0) is 0 Å². The maximum Gasteiger partial charge on any atom is 0.176 e. The number of benzene rings is 1. The van der Waals surface area contributed by atoms with Crippen molar-refractivity contribution in [1.82, 2.24) is 0 Å². The van der Waals surface area contributed by atoms with Gasteiger partial charge in [0.2, 0.25) is 0 Å². The average molecular weight is 298 g/mol. The van der Waals surface area contributed by atoms with Crippen molar-refractivity contribution >= 4 is 26.9 Å². The van der Waals surface area contributed by atoms with Crippen molar-refractivity contribution in [3.63, 3.8) is 0 Å². The fourth-order valence-electron chi connectivity index (χ4n) is 2.01. The Bertz CT molecular complexity index is 521. The van der Waals surface area contributed by atoms with Gasteiger partial charge >= 0.3 is 0 Å². The van der Waals surface area contributed by atoms with Crippen molar-refractivity contribution in [1.29, 1.82) is 0 Å². The van der Waals surface area contributed by atoms with Crippen LogP contribution >= 0.6 is 15.9 Å². The summed E-state index contributed by atoms with van der Waals surface area (Å²) in [6, 6.07) is 3.97. The number of nitrogens with two attached hydrogens (primary N) is 1. The van der Waals surface area contributed by atoms with Gasteiger partial charge in [-0.1, -0.05) is 6.92 Å². The fraction of sp³-hybridized carbons (Fsp3) is 0.385. The van der Waals surface area contributed by atoms with Gasteiger partial charge in [-0.2, -0.15) is 0 Å². The van der Waals surface area contributed by atoms with Crippen LogP contribution in [0.4, 0.5) is 0 Å². The minimum Gasteiger partial charge on any atom is -0.493 e. The smallest absolute Gasteiger partial charge is 0.176 e. The number of hydrogen-bond acceptors (Lipinski definition) is 3. The molecule has 17 heavy (non-hydrogen) atoms. The van der Waals surface area contributed by atoms with E-state index in [1.54, 1.807) is 13.4 Å². The molecule has 2 rings (SSSR count). The monoisotopic (exact) mass is 297 g/mol. The summed E-state index contributed by atoms with van der Waals surface area (Å²) in [5.41, 5.74) is 7.61. The van der Waals surface area contributed by atoms with E-state index in [1.165, 1.54) is 5.56 Å². The summed E-state index contributed by atoms with van der Waals surface area (Å²) in [5.74, 6) is 1.16. The molecule has 0 radical (unpaired) electrons. The molecular formula is C13H16BrNO2. The van der Waals surface area contributed by atoms with E-state index in [2.05, 4.69) is 22.9 Å². The van der Waals surface area contributed by atoms with E-state index in [0.717, 1.165) is 27.6 Å². The molecule has 0 aliphatic carbocycles. The third kappa shape index (κ3) is 2.19. The fourth-order valence-corrected chi connectivity index (χ4v) is 2.83. The number of hydrogen-bond donors (Lipinski definition) is 1. The Morgan fingerprint density at radius 2 is 2.29 bits per heavy atom. The van der Waals surface area contributed by atoms with E-state index in [1.807, 2.05) is 12.1 Å². The highest BCUT2D eigenvalue weighted by molar-refractivity contribution is 9.10. The molecule has 1 heterocycles. The number of rotatable bonds is 4. The van der Waals surface area contributed by atoms with Gasteiger partial charge in [0.05, 0.1) is 13.4 Å². The van der Waals surface area contributed by atoms with E-state index >= 15 is 0 Å². The Kier molecular flexibility index (Phi) is 3.74. The third-order valence-electron chi connectivity index (χ3n) is 3.02. The zero-order valence-corrected chi connectivity index (χ0v) is 11.6. The van der Waals surface area contributed by atoms with Crippen LogP contribution in [0, 0.1) is 0 Å². The van der Waals surface area contributed by atoms with Crippen molar-refractivity contribution in [2.45, 2.75) is 19.3 Å². The number of furan rings is 1. The molecule has 2 aromatic rings. The molecule has 0 fully saturated rings. The van der Waals surface area contributed by atoms with Crippen LogP contribution in [0.25, 0.3) is 11.0 Å². The first-order valence-electron chi connectivity index (χ1n) is 5.62. The molecule has 4 heteroatoms. The summed E-state index contributed by atoms with van der Waals surface area (Å²) in [5, 5.41) is 1.04. The van der Waals surface area contributed by atoms with Gasteiger partial charge in [-0.3, -0.25) is 0 Å². The first-order valence-corrected chi connectivity index (χ1v) is 6.42. The van der Waals surface area contributed by atoms with Crippen molar-refractivity contribution in [2.24, 2.45) is 5.73 Å². The maximum absolute atomic E-state index is 5.61. The van der Waals surface area contributed by atoms with Gasteiger partial charge in [-0.05, 0) is 52.5 Å². The van der Waals surface area contributed by atoms with Gasteiger partial charge in [-0.25, -0.2) is 0 Å². The summed E-state index contributed by atoms with van der Waals surface area (Å²) in [7, 11) is 1.66. The van der Waals surface area contributed by atoms with Crippen molar-refractivity contribution in [3.05, 3.63) is 28.4 Å². The van der Waals surface area contributed by atoms with Gasteiger partial charge in [0.25, 0.3) is 0 Å². The average Bonchev–Trinajstić information content (AvgIpc) is 2.79. The summed E-state index contributed by atoms with van der Waals surface area (Å²) in [4.78, 5) is 0. The Morgan fingerprint density at radius 1 is 1.53 bits per heavy atom. The number of methoxy groups -OCH3 is 1. The topological polar surface area (TPSA) is 48.4 Å². The van der Waals surface area contributed by atoms with E-state index in [9.17, 15) is 0 Å². The first kappa shape index (κ1) is 12.5. The predicted octanol–water partition coefficient (Wildman–Crippen LogP) is 3.66. The van der Waals surface area contributed by atoms with E-state index < -0.39 is 0 Å². The van der Waals surface area contributed by atoms with Crippen LogP contribution in [0.3, 0.4) is 0 Å². The highest BCUT2D eigenvalue weighted by Crippen LogP contribution is 2.39. The summed E-state index contributed by atoms with van der Waals surface area (Å²) in [6.07, 6.45) is 2.63. The standard InChI is InChI=1S/C13H16BrNO2/c1-8(3-5-15)10-7-11(16-2)13-9(12(10)14)4-6-17-13/h4,6-8H,3,5,15H2,1-2H3. The molecule has 0 aliphatic rings. The molecule has 0 aliphatic heterocycles. The molecule has 1 aromatic carbocycles. The zero-order chi connectivity index (χ0) is 12.4. The Hall–Kier alpha value is -1.00. The Balaban J connectivity index is 2.59. The first-order chi connectivity index (χ1) is 8.19. The predicted molar refractivity (Wildman–Crippen MR) is 72.6 cm³/mol. The lowest BCUT2D eigenvalue weighted by atomic mass is 9.96. The van der Waals surface area contributed by atoms with E-state index in [4.69, 9.17) is 14.9 Å². The maximum atomic E-state index is 5.61. The van der Waals surface area contributed by atoms with Crippen LogP contribution in [0.15, 0.2) is 27.3 Å². The van der Waals surface area contributed by atoms with Crippen LogP contribution in [0.1, 0.15) is 24.8 Å². The van der Waals surface area contributed by atoms with Crippen molar-refractivity contribution in [3.8, 4) is 5.75 Å². The van der Waals surface area contributed by atoms with Gasteiger partial charge in [0.15, 0.2) is 11.3 Å². The molecular weight excluding hydrogens is 282 g/mol. The molecule has 0 saturated heterocycles. The van der Waals surface area contributed by atoms with Gasteiger partial charge in [0, 0.05) is 9.86 Å². The Labute approximate surface area is 109 Å². The molecule has 3 nitrogen and oxygen atoms in total. The molecule has 0 amide bonds. The summed E-state index contributed by atoms with van der Waals surface area (Å²) < 4.78 is 11.9. The number of halogens is 1. The molecule has 0 spiro atoms. The lowest BCUT2D eigenvalue weighted by Crippen LogP contribution is -2.05. The molecule has 1 atom stereocenters. The SMILES string of the molecule is COc1cc(C(C)CCN)c(Br)c2ccoc12. The number of ether oxygens (including phenoxy) is 1. The van der Waals surface area contributed by atoms with Gasteiger partial charge < -0.3 is 14.9 Å². The largest absolute Gasteiger partial charge is 0.493 e. The van der Waals surface area contributed by atoms with Gasteiger partial charge in [0.1, 0.15) is 0 Å². The van der Waals surface area contributed by atoms with Crippen LogP contribution in [0.5, 0.6) is 5.75 Å². The second-order valence-corrected chi connectivity index (χ2v) is 4.92. The van der Waals surface area contributed by atoms with Crippen molar-refractivity contribution in [2.75, 3.05) is 13.7 Å². The highest BCUT2D eigenvalue weighted by atomic mass is 79.9. The van der Waals surface area contributed by atoms with Crippen LogP contribution < -0.4 is 10.5 Å². The van der Waals surface area contributed by atoms with Crippen molar-refractivity contribution < 1.29 is 9.15 Å². The molecule has 0 saturated carbocycles. The van der Waals surface area contributed by atoms with Crippen LogP contribution in [0.2, 0.25) is 0 Å². The van der Waals surface area contributed by atoms with Gasteiger partial charge in [-0.15, -0.1) is 0 Å². The molecule has 0 bridgehead atoms. The third-order valence-corrected chi connectivity index (χ3v) is 3.90. The minimum absolute atomic E-state index is 0.391.